The van der Waals surface area contributed by atoms with Crippen molar-refractivity contribution >= 4 is 29.2 Å². The van der Waals surface area contributed by atoms with Gasteiger partial charge in [0.1, 0.15) is 11.3 Å². The normalized spacial score (nSPS) is 11.4. The van der Waals surface area contributed by atoms with Crippen LogP contribution in [-0.2, 0) is 6.18 Å². The lowest BCUT2D eigenvalue weighted by Gasteiger charge is -2.29. The summed E-state index contributed by atoms with van der Waals surface area (Å²) in [6.07, 6.45) is -3.58. The molecule has 2 aromatic carbocycles. The number of anilines is 1. The van der Waals surface area contributed by atoms with E-state index in [2.05, 4.69) is 4.98 Å². The van der Waals surface area contributed by atoms with E-state index in [0.29, 0.717) is 16.1 Å². The van der Waals surface area contributed by atoms with Gasteiger partial charge in [-0.1, -0.05) is 11.6 Å². The van der Waals surface area contributed by atoms with Crippen molar-refractivity contribution < 1.29 is 32.6 Å². The molecule has 3 aromatic rings. The summed E-state index contributed by atoms with van der Waals surface area (Å²) in [5.41, 5.74) is -0.428. The van der Waals surface area contributed by atoms with Gasteiger partial charge in [0.25, 0.3) is 5.91 Å². The molecule has 0 aliphatic heterocycles. The first-order chi connectivity index (χ1) is 15.9. The fourth-order valence-corrected chi connectivity index (χ4v) is 3.61. The highest BCUT2D eigenvalue weighted by atomic mass is 35.5. The number of halogens is 4. The van der Waals surface area contributed by atoms with Gasteiger partial charge in [-0.2, -0.15) is 13.2 Å². The van der Waals surface area contributed by atoms with Crippen molar-refractivity contribution in [2.75, 3.05) is 4.90 Å². The van der Waals surface area contributed by atoms with E-state index in [9.17, 15) is 27.9 Å². The lowest BCUT2D eigenvalue weighted by atomic mass is 10.0. The summed E-state index contributed by atoms with van der Waals surface area (Å²) >= 11 is 5.98. The molecule has 0 unspecified atom stereocenters. The number of aromatic nitrogens is 1. The molecule has 0 spiro atoms. The van der Waals surface area contributed by atoms with Gasteiger partial charge >= 0.3 is 12.1 Å². The van der Waals surface area contributed by atoms with Gasteiger partial charge in [0.05, 0.1) is 11.3 Å². The third-order valence-electron chi connectivity index (χ3n) is 4.90. The van der Waals surface area contributed by atoms with Crippen molar-refractivity contribution in [2.45, 2.75) is 33.0 Å². The van der Waals surface area contributed by atoms with E-state index in [4.69, 9.17) is 16.3 Å². The average Bonchev–Trinajstić information content (AvgIpc) is 2.74. The molecular formula is C24H20ClF3N2O4. The highest BCUT2D eigenvalue weighted by Gasteiger charge is 2.35. The number of aryl methyl sites for hydroxylation is 1. The number of hydrogen-bond donors (Lipinski definition) is 1. The number of nitrogens with zero attached hydrogens (tertiary/aromatic N) is 2. The summed E-state index contributed by atoms with van der Waals surface area (Å²) in [5.74, 6) is -2.73. The number of pyridine rings is 1. The summed E-state index contributed by atoms with van der Waals surface area (Å²) in [4.78, 5) is 30.3. The van der Waals surface area contributed by atoms with E-state index in [1.54, 1.807) is 39.0 Å². The summed E-state index contributed by atoms with van der Waals surface area (Å²) in [5, 5.41) is 10.3. The molecule has 0 aliphatic carbocycles. The first kappa shape index (κ1) is 25.0. The van der Waals surface area contributed by atoms with Gasteiger partial charge in [0, 0.05) is 22.8 Å². The van der Waals surface area contributed by atoms with Crippen LogP contribution in [0.1, 0.15) is 45.7 Å². The number of carboxylic acids is 1. The molecule has 0 saturated carbocycles. The Morgan fingerprint density at radius 1 is 1.09 bits per heavy atom. The number of carboxylic acid groups (broad SMARTS) is 1. The van der Waals surface area contributed by atoms with E-state index >= 15 is 0 Å². The lowest BCUT2D eigenvalue weighted by Crippen LogP contribution is -2.38. The van der Waals surface area contributed by atoms with Gasteiger partial charge < -0.3 is 14.7 Å². The number of aromatic carboxylic acids is 1. The number of ether oxygens (including phenoxy) is 1. The predicted octanol–water partition coefficient (Wildman–Crippen LogP) is 6.61. The zero-order chi connectivity index (χ0) is 25.2. The summed E-state index contributed by atoms with van der Waals surface area (Å²) < 4.78 is 45.1. The minimum absolute atomic E-state index is 0.0614. The number of amides is 1. The van der Waals surface area contributed by atoms with Crippen LogP contribution in [0, 0.1) is 6.92 Å². The largest absolute Gasteiger partial charge is 0.478 e. The van der Waals surface area contributed by atoms with E-state index < -0.39 is 35.5 Å². The van der Waals surface area contributed by atoms with E-state index in [0.717, 1.165) is 24.4 Å². The monoisotopic (exact) mass is 492 g/mol. The molecule has 1 amide bonds. The number of hydrogen-bond acceptors (Lipinski definition) is 4. The molecule has 10 heteroatoms. The van der Waals surface area contributed by atoms with Gasteiger partial charge in [-0.25, -0.2) is 9.78 Å². The average molecular weight is 493 g/mol. The number of benzene rings is 2. The van der Waals surface area contributed by atoms with Crippen molar-refractivity contribution in [1.29, 1.82) is 0 Å². The Kier molecular flexibility index (Phi) is 7.16. The molecule has 1 aromatic heterocycles. The predicted molar refractivity (Wildman–Crippen MR) is 121 cm³/mol. The van der Waals surface area contributed by atoms with Crippen LogP contribution in [0.25, 0.3) is 0 Å². The van der Waals surface area contributed by atoms with Gasteiger partial charge in [0.2, 0.25) is 5.88 Å². The Morgan fingerprint density at radius 2 is 1.79 bits per heavy atom. The van der Waals surface area contributed by atoms with Crippen molar-refractivity contribution in [3.63, 3.8) is 0 Å². The maximum Gasteiger partial charge on any atom is 0.421 e. The Labute approximate surface area is 198 Å². The minimum atomic E-state index is -4.71. The van der Waals surface area contributed by atoms with Crippen LogP contribution in [0.4, 0.5) is 18.9 Å². The Balaban J connectivity index is 2.05. The van der Waals surface area contributed by atoms with Crippen LogP contribution in [0.15, 0.2) is 54.7 Å². The highest BCUT2D eigenvalue weighted by molar-refractivity contribution is 6.30. The van der Waals surface area contributed by atoms with Crippen LogP contribution in [0.3, 0.4) is 0 Å². The maximum atomic E-state index is 13.3. The highest BCUT2D eigenvalue weighted by Crippen LogP contribution is 2.37. The van der Waals surface area contributed by atoms with Crippen LogP contribution in [-0.4, -0.2) is 28.0 Å². The molecule has 1 N–H and O–H groups in total. The third-order valence-corrected chi connectivity index (χ3v) is 5.14. The quantitative estimate of drug-likeness (QED) is 0.419. The molecule has 34 heavy (non-hydrogen) atoms. The van der Waals surface area contributed by atoms with Crippen LogP contribution in [0.2, 0.25) is 5.02 Å². The Hall–Kier alpha value is -3.59. The van der Waals surface area contributed by atoms with Crippen molar-refractivity contribution in [1.82, 2.24) is 4.98 Å². The first-order valence-corrected chi connectivity index (χ1v) is 10.4. The molecule has 0 aliphatic rings. The molecule has 0 radical (unpaired) electrons. The molecular weight excluding hydrogens is 473 g/mol. The molecule has 0 bridgehead atoms. The first-order valence-electron chi connectivity index (χ1n) is 10.1. The van der Waals surface area contributed by atoms with Gasteiger partial charge in [-0.3, -0.25) is 4.79 Å². The van der Waals surface area contributed by atoms with Crippen molar-refractivity contribution in [2.24, 2.45) is 0 Å². The molecule has 178 valence electrons. The van der Waals surface area contributed by atoms with E-state index in [-0.39, 0.29) is 17.0 Å². The summed E-state index contributed by atoms with van der Waals surface area (Å²) in [7, 11) is 0. The molecule has 0 fully saturated rings. The van der Waals surface area contributed by atoms with Crippen LogP contribution in [0.5, 0.6) is 11.6 Å². The third kappa shape index (κ3) is 5.31. The number of alkyl halides is 3. The summed E-state index contributed by atoms with van der Waals surface area (Å²) in [6, 6.07) is 9.87. The van der Waals surface area contributed by atoms with Crippen LogP contribution >= 0.6 is 11.6 Å². The van der Waals surface area contributed by atoms with Gasteiger partial charge in [0.15, 0.2) is 0 Å². The van der Waals surface area contributed by atoms with Gasteiger partial charge in [-0.05, 0) is 74.9 Å². The van der Waals surface area contributed by atoms with Crippen molar-refractivity contribution in [3.05, 3.63) is 82.0 Å². The molecule has 1 heterocycles. The molecule has 3 rings (SSSR count). The zero-order valence-corrected chi connectivity index (χ0v) is 19.1. The molecule has 0 atom stereocenters. The Bertz CT molecular complexity index is 1250. The smallest absolute Gasteiger partial charge is 0.421 e. The molecule has 6 nitrogen and oxygen atoms in total. The minimum Gasteiger partial charge on any atom is -0.478 e. The fraction of sp³-hybridized carbons (Fsp3) is 0.208. The second kappa shape index (κ2) is 9.72. The number of carbonyl (C=O) groups excluding carboxylic acids is 1. The zero-order valence-electron chi connectivity index (χ0n) is 18.4. The Morgan fingerprint density at radius 3 is 2.38 bits per heavy atom. The SMILES string of the molecule is Cc1cc(Cl)ccc1C(=O)N(c1ccc(Oc2ncccc2C(F)(F)F)cc1C(=O)O)C(C)C. The second-order valence-electron chi connectivity index (χ2n) is 7.67. The number of rotatable bonds is 6. The standard InChI is InChI=1S/C24H20ClF3N2O4/c1-13(2)30(22(31)17-8-6-15(25)11-14(17)3)20-9-7-16(12-18(20)23(32)33)34-21-19(24(26,27)28)5-4-10-29-21/h4-13H,1-3H3,(H,32,33). The maximum absolute atomic E-state index is 13.3. The van der Waals surface area contributed by atoms with E-state index in [1.807, 2.05) is 0 Å². The summed E-state index contributed by atoms with van der Waals surface area (Å²) in [6.45, 7) is 5.13. The lowest BCUT2D eigenvalue weighted by molar-refractivity contribution is -0.138. The fourth-order valence-electron chi connectivity index (χ4n) is 3.38. The topological polar surface area (TPSA) is 79.7 Å². The van der Waals surface area contributed by atoms with E-state index in [1.165, 1.54) is 17.0 Å². The van der Waals surface area contributed by atoms with Crippen molar-refractivity contribution in [3.8, 4) is 11.6 Å². The second-order valence-corrected chi connectivity index (χ2v) is 8.10. The number of carbonyl (C=O) groups is 2. The molecule has 0 saturated heterocycles. The van der Waals surface area contributed by atoms with Gasteiger partial charge in [-0.15, -0.1) is 0 Å². The van der Waals surface area contributed by atoms with Crippen LogP contribution < -0.4 is 9.64 Å².